The zero-order valence-corrected chi connectivity index (χ0v) is 12.2. The first-order chi connectivity index (χ1) is 9.71. The second-order valence-corrected chi connectivity index (χ2v) is 4.71. The largest absolute Gasteiger partial charge is 0.497 e. The molecule has 2 aromatic carbocycles. The monoisotopic (exact) mass is 294 g/mol. The molecule has 0 atom stereocenters. The van der Waals surface area contributed by atoms with Gasteiger partial charge in [0.25, 0.3) is 0 Å². The van der Waals surface area contributed by atoms with E-state index in [1.165, 1.54) is 0 Å². The van der Waals surface area contributed by atoms with Crippen molar-refractivity contribution in [3.8, 4) is 23.0 Å². The molecule has 0 radical (unpaired) electrons. The molecule has 0 aliphatic carbocycles. The highest BCUT2D eigenvalue weighted by Gasteiger charge is 2.05. The summed E-state index contributed by atoms with van der Waals surface area (Å²) in [6.07, 6.45) is 0. The van der Waals surface area contributed by atoms with Crippen molar-refractivity contribution in [3.05, 3.63) is 48.5 Å². The van der Waals surface area contributed by atoms with Gasteiger partial charge in [0.2, 0.25) is 0 Å². The van der Waals surface area contributed by atoms with E-state index >= 15 is 0 Å². The highest BCUT2D eigenvalue weighted by atomic mass is 31.1. The van der Waals surface area contributed by atoms with Gasteiger partial charge in [-0.1, -0.05) is 0 Å². The maximum Gasteiger partial charge on any atom is 0.418 e. The lowest BCUT2D eigenvalue weighted by Gasteiger charge is -2.09. The van der Waals surface area contributed by atoms with E-state index in [2.05, 4.69) is 0 Å². The van der Waals surface area contributed by atoms with Gasteiger partial charge in [0.15, 0.2) is 0 Å². The molecule has 2 aromatic rings. The molecule has 0 saturated carbocycles. The third-order valence-electron chi connectivity index (χ3n) is 2.52. The Kier molecular flexibility index (Phi) is 4.91. The van der Waals surface area contributed by atoms with E-state index in [0.717, 1.165) is 0 Å². The van der Waals surface area contributed by atoms with Crippen LogP contribution in [0, 0.1) is 0 Å². The van der Waals surface area contributed by atoms with Crippen LogP contribution >= 0.6 is 8.25 Å². The van der Waals surface area contributed by atoms with Crippen LogP contribution in [0.2, 0.25) is 0 Å². The first kappa shape index (κ1) is 14.3. The molecule has 0 aromatic heterocycles. The van der Waals surface area contributed by atoms with Crippen LogP contribution < -0.4 is 18.5 Å². The maximum atomic E-state index is 11.8. The topological polar surface area (TPSA) is 54.0 Å². The van der Waals surface area contributed by atoms with Crippen LogP contribution in [-0.2, 0) is 4.57 Å². The highest BCUT2D eigenvalue weighted by molar-refractivity contribution is 7.34. The molecule has 6 heteroatoms. The molecule has 0 fully saturated rings. The molecule has 0 unspecified atom stereocenters. The summed E-state index contributed by atoms with van der Waals surface area (Å²) < 4.78 is 32.2. The van der Waals surface area contributed by atoms with Crippen molar-refractivity contribution in [1.82, 2.24) is 0 Å². The molecular weight excluding hydrogens is 279 g/mol. The zero-order valence-electron chi connectivity index (χ0n) is 11.2. The van der Waals surface area contributed by atoms with Gasteiger partial charge in [0.1, 0.15) is 23.0 Å². The van der Waals surface area contributed by atoms with Crippen molar-refractivity contribution >= 4 is 8.25 Å². The number of rotatable bonds is 6. The van der Waals surface area contributed by atoms with Crippen molar-refractivity contribution in [3.63, 3.8) is 0 Å². The first-order valence-electron chi connectivity index (χ1n) is 5.89. The van der Waals surface area contributed by atoms with Crippen LogP contribution in [0.15, 0.2) is 48.5 Å². The fraction of sp³-hybridized carbons (Fsp3) is 0.143. The highest BCUT2D eigenvalue weighted by Crippen LogP contribution is 2.31. The summed E-state index contributed by atoms with van der Waals surface area (Å²) in [5.74, 6) is 2.33. The molecule has 0 saturated heterocycles. The van der Waals surface area contributed by atoms with Gasteiger partial charge in [-0.15, -0.1) is 0 Å². The van der Waals surface area contributed by atoms with Gasteiger partial charge in [0, 0.05) is 0 Å². The average Bonchev–Trinajstić information content (AvgIpc) is 2.49. The van der Waals surface area contributed by atoms with Gasteiger partial charge in [-0.05, 0) is 48.5 Å². The van der Waals surface area contributed by atoms with Crippen molar-refractivity contribution < 1.29 is 23.1 Å². The number of ether oxygens (including phenoxy) is 2. The van der Waals surface area contributed by atoms with Crippen LogP contribution in [0.4, 0.5) is 0 Å². The van der Waals surface area contributed by atoms with E-state index in [1.807, 2.05) is 0 Å². The van der Waals surface area contributed by atoms with Gasteiger partial charge < -0.3 is 18.5 Å². The predicted octanol–water partition coefficient (Wildman–Crippen LogP) is 3.55. The molecule has 0 spiro atoms. The molecule has 0 heterocycles. The van der Waals surface area contributed by atoms with Crippen LogP contribution in [0.5, 0.6) is 23.0 Å². The summed E-state index contributed by atoms with van der Waals surface area (Å²) in [4.78, 5) is 0. The van der Waals surface area contributed by atoms with E-state index in [0.29, 0.717) is 23.0 Å². The van der Waals surface area contributed by atoms with Crippen molar-refractivity contribution in [2.75, 3.05) is 14.2 Å². The zero-order chi connectivity index (χ0) is 14.4. The van der Waals surface area contributed by atoms with Crippen LogP contribution in [-0.4, -0.2) is 14.2 Å². The predicted molar refractivity (Wildman–Crippen MR) is 76.2 cm³/mol. The van der Waals surface area contributed by atoms with Crippen LogP contribution in [0.25, 0.3) is 0 Å². The van der Waals surface area contributed by atoms with E-state index in [1.54, 1.807) is 62.8 Å². The number of methoxy groups -OCH3 is 2. The number of benzene rings is 2. The Morgan fingerprint density at radius 3 is 1.25 bits per heavy atom. The number of hydrogen-bond acceptors (Lipinski definition) is 5. The minimum absolute atomic E-state index is 0.461. The normalized spacial score (nSPS) is 10.2. The fourth-order valence-electron chi connectivity index (χ4n) is 1.50. The number of hydrogen-bond donors (Lipinski definition) is 0. The standard InChI is InChI=1S/C14H15O5P/c1-16-11-3-7-13(8-4-11)18-20(15)19-14-9-5-12(17-2)6-10-14/h3-10,20H,1-2H3. The lowest BCUT2D eigenvalue weighted by molar-refractivity contribution is 0.405. The second kappa shape index (κ2) is 6.87. The minimum Gasteiger partial charge on any atom is -0.497 e. The minimum atomic E-state index is -2.66. The van der Waals surface area contributed by atoms with Gasteiger partial charge in [0.05, 0.1) is 14.2 Å². The lowest BCUT2D eigenvalue weighted by Crippen LogP contribution is -1.89. The molecule has 0 bridgehead atoms. The third-order valence-corrected chi connectivity index (χ3v) is 3.33. The molecule has 0 aliphatic rings. The summed E-state index contributed by atoms with van der Waals surface area (Å²) in [5.41, 5.74) is 0. The van der Waals surface area contributed by atoms with E-state index in [4.69, 9.17) is 18.5 Å². The quantitative estimate of drug-likeness (QED) is 0.763. The molecule has 0 aliphatic heterocycles. The molecular formula is C14H15O5P. The van der Waals surface area contributed by atoms with E-state index < -0.39 is 8.25 Å². The average molecular weight is 294 g/mol. The summed E-state index contributed by atoms with van der Waals surface area (Å²) in [5, 5.41) is 0. The second-order valence-electron chi connectivity index (χ2n) is 3.81. The Bertz CT molecular complexity index is 514. The molecule has 20 heavy (non-hydrogen) atoms. The molecule has 5 nitrogen and oxygen atoms in total. The Morgan fingerprint density at radius 1 is 0.650 bits per heavy atom. The third kappa shape index (κ3) is 3.93. The summed E-state index contributed by atoms with van der Waals surface area (Å²) in [6.45, 7) is 0. The van der Waals surface area contributed by atoms with E-state index in [-0.39, 0.29) is 0 Å². The fourth-order valence-corrected chi connectivity index (χ4v) is 2.20. The molecule has 106 valence electrons. The van der Waals surface area contributed by atoms with Crippen molar-refractivity contribution in [2.45, 2.75) is 0 Å². The molecule has 0 amide bonds. The summed E-state index contributed by atoms with van der Waals surface area (Å²) >= 11 is 0. The van der Waals surface area contributed by atoms with Crippen molar-refractivity contribution in [2.24, 2.45) is 0 Å². The molecule has 2 rings (SSSR count). The van der Waals surface area contributed by atoms with Crippen LogP contribution in [0.1, 0.15) is 0 Å². The Labute approximate surface area is 118 Å². The van der Waals surface area contributed by atoms with Gasteiger partial charge in [-0.25, -0.2) is 4.57 Å². The van der Waals surface area contributed by atoms with Crippen LogP contribution in [0.3, 0.4) is 0 Å². The maximum absolute atomic E-state index is 11.8. The first-order valence-corrected chi connectivity index (χ1v) is 7.11. The lowest BCUT2D eigenvalue weighted by atomic mass is 10.3. The SMILES string of the molecule is COc1ccc(O[PH](=O)Oc2ccc(OC)cc2)cc1. The summed E-state index contributed by atoms with van der Waals surface area (Å²) in [7, 11) is 0.485. The Balaban J connectivity index is 1.93. The Morgan fingerprint density at radius 2 is 0.950 bits per heavy atom. The smallest absolute Gasteiger partial charge is 0.418 e. The summed E-state index contributed by atoms with van der Waals surface area (Å²) in [6, 6.07) is 13.5. The Hall–Kier alpha value is -2.13. The van der Waals surface area contributed by atoms with E-state index in [9.17, 15) is 4.57 Å². The van der Waals surface area contributed by atoms with Crippen molar-refractivity contribution in [1.29, 1.82) is 0 Å². The van der Waals surface area contributed by atoms with Gasteiger partial charge in [-0.2, -0.15) is 0 Å². The van der Waals surface area contributed by atoms with Gasteiger partial charge >= 0.3 is 8.25 Å². The van der Waals surface area contributed by atoms with Gasteiger partial charge in [-0.3, -0.25) is 0 Å². The molecule has 0 N–H and O–H groups in total.